The lowest BCUT2D eigenvalue weighted by atomic mass is 10.1. The number of rotatable bonds is 8. The lowest BCUT2D eigenvalue weighted by Gasteiger charge is -2.13. The summed E-state index contributed by atoms with van der Waals surface area (Å²) in [5.41, 5.74) is 0.000445. The Balaban J connectivity index is 2.32. The fraction of sp³-hybridized carbons (Fsp3) is 0.615. The monoisotopic (exact) mass is 300 g/mol. The molecule has 0 fully saturated rings. The predicted octanol–water partition coefficient (Wildman–Crippen LogP) is 1.91. The number of hydrogen-bond acceptors (Lipinski definition) is 5. The van der Waals surface area contributed by atoms with E-state index >= 15 is 0 Å². The van der Waals surface area contributed by atoms with Gasteiger partial charge in [-0.15, -0.1) is 11.3 Å². The molecule has 0 aliphatic rings. The maximum atomic E-state index is 11.8. The highest BCUT2D eigenvalue weighted by Gasteiger charge is 2.14. The molecule has 2 N–H and O–H groups in total. The second-order valence-corrected chi connectivity index (χ2v) is 5.79. The van der Waals surface area contributed by atoms with Gasteiger partial charge in [0.1, 0.15) is 11.1 Å². The van der Waals surface area contributed by atoms with Gasteiger partial charge < -0.3 is 15.2 Å². The van der Waals surface area contributed by atoms with Gasteiger partial charge in [-0.1, -0.05) is 13.8 Å². The number of thiazole rings is 1. The van der Waals surface area contributed by atoms with E-state index in [2.05, 4.69) is 24.1 Å². The van der Waals surface area contributed by atoms with Crippen molar-refractivity contribution in [2.24, 2.45) is 5.92 Å². The van der Waals surface area contributed by atoms with Gasteiger partial charge in [-0.05, 0) is 19.3 Å². The minimum Gasteiger partial charge on any atom is -0.476 e. The van der Waals surface area contributed by atoms with Crippen molar-refractivity contribution < 1.29 is 19.4 Å². The van der Waals surface area contributed by atoms with Crippen LogP contribution in [0, 0.1) is 5.92 Å². The number of aromatic carboxylic acids is 1. The number of nitrogens with one attached hydrogen (secondary N) is 1. The van der Waals surface area contributed by atoms with Crippen LogP contribution in [0.15, 0.2) is 5.38 Å². The normalized spacial score (nSPS) is 12.4. The van der Waals surface area contributed by atoms with Crippen LogP contribution in [0.3, 0.4) is 0 Å². The van der Waals surface area contributed by atoms with Gasteiger partial charge in [0, 0.05) is 12.0 Å². The van der Waals surface area contributed by atoms with Crippen LogP contribution in [0.2, 0.25) is 0 Å². The Hall–Kier alpha value is -1.47. The maximum Gasteiger partial charge on any atom is 0.355 e. The molecule has 0 bridgehead atoms. The summed E-state index contributed by atoms with van der Waals surface area (Å²) in [5.74, 6) is -0.750. The number of amides is 1. The van der Waals surface area contributed by atoms with Crippen molar-refractivity contribution in [1.29, 1.82) is 0 Å². The van der Waals surface area contributed by atoms with Gasteiger partial charge in [0.15, 0.2) is 5.69 Å². The number of carboxylic acids is 1. The fourth-order valence-electron chi connectivity index (χ4n) is 1.35. The summed E-state index contributed by atoms with van der Waals surface area (Å²) in [6.45, 7) is 6.65. The van der Waals surface area contributed by atoms with E-state index in [9.17, 15) is 9.59 Å². The van der Waals surface area contributed by atoms with Gasteiger partial charge in [-0.3, -0.25) is 4.79 Å². The van der Waals surface area contributed by atoms with Gasteiger partial charge in [0.2, 0.25) is 5.91 Å². The Morgan fingerprint density at radius 1 is 1.45 bits per heavy atom. The molecule has 1 atom stereocenters. The number of carboxylic acid groups (broad SMARTS) is 1. The van der Waals surface area contributed by atoms with E-state index in [1.807, 2.05) is 0 Å². The molecular weight excluding hydrogens is 280 g/mol. The van der Waals surface area contributed by atoms with Crippen LogP contribution in [0.4, 0.5) is 0 Å². The molecule has 1 aromatic heterocycles. The van der Waals surface area contributed by atoms with Crippen molar-refractivity contribution >= 4 is 23.2 Å². The van der Waals surface area contributed by atoms with Crippen LogP contribution in [0.25, 0.3) is 0 Å². The summed E-state index contributed by atoms with van der Waals surface area (Å²) in [4.78, 5) is 26.3. The minimum absolute atomic E-state index is 0.000445. The molecule has 112 valence electrons. The number of aromatic nitrogens is 1. The largest absolute Gasteiger partial charge is 0.476 e. The Morgan fingerprint density at radius 2 is 2.15 bits per heavy atom. The first-order valence-electron chi connectivity index (χ1n) is 6.47. The molecule has 20 heavy (non-hydrogen) atoms. The third kappa shape index (κ3) is 5.66. The molecule has 0 aliphatic heterocycles. The smallest absolute Gasteiger partial charge is 0.355 e. The summed E-state index contributed by atoms with van der Waals surface area (Å²) in [5, 5.41) is 13.4. The molecule has 0 aliphatic carbocycles. The molecule has 0 aromatic carbocycles. The van der Waals surface area contributed by atoms with Crippen LogP contribution in [-0.4, -0.2) is 34.7 Å². The molecule has 6 nitrogen and oxygen atoms in total. The first-order valence-corrected chi connectivity index (χ1v) is 7.35. The first kappa shape index (κ1) is 16.6. The van der Waals surface area contributed by atoms with E-state index < -0.39 is 12.1 Å². The van der Waals surface area contributed by atoms with Crippen LogP contribution in [0.1, 0.15) is 42.7 Å². The quantitative estimate of drug-likeness (QED) is 0.765. The number of carbonyl (C=O) groups is 2. The van der Waals surface area contributed by atoms with Crippen molar-refractivity contribution in [1.82, 2.24) is 10.3 Å². The highest BCUT2D eigenvalue weighted by Crippen LogP contribution is 2.09. The third-order valence-electron chi connectivity index (χ3n) is 2.62. The molecular formula is C13H20N2O4S. The fourth-order valence-corrected chi connectivity index (χ4v) is 2.06. The molecule has 0 saturated heterocycles. The summed E-state index contributed by atoms with van der Waals surface area (Å²) >= 11 is 1.21. The van der Waals surface area contributed by atoms with E-state index in [1.165, 1.54) is 16.7 Å². The number of carbonyl (C=O) groups excluding carboxylic acids is 1. The van der Waals surface area contributed by atoms with Gasteiger partial charge in [-0.25, -0.2) is 9.78 Å². The summed E-state index contributed by atoms with van der Waals surface area (Å²) in [6, 6.07) is 0. The zero-order chi connectivity index (χ0) is 15.1. The second-order valence-electron chi connectivity index (χ2n) is 4.84. The van der Waals surface area contributed by atoms with Gasteiger partial charge in [-0.2, -0.15) is 0 Å². The van der Waals surface area contributed by atoms with Crippen LogP contribution < -0.4 is 5.32 Å². The molecule has 0 spiro atoms. The molecule has 0 radical (unpaired) electrons. The molecule has 0 saturated carbocycles. The standard InChI is InChI=1S/C13H20N2O4S/c1-8(2)4-5-19-9(3)12(16)14-6-11-15-10(7-20-11)13(17)18/h7-9H,4-6H2,1-3H3,(H,14,16)(H,17,18). The molecule has 1 rings (SSSR count). The Bertz CT molecular complexity index is 459. The van der Waals surface area contributed by atoms with E-state index in [4.69, 9.17) is 9.84 Å². The van der Waals surface area contributed by atoms with Crippen LogP contribution in [0.5, 0.6) is 0 Å². The van der Waals surface area contributed by atoms with E-state index in [-0.39, 0.29) is 18.1 Å². The average molecular weight is 300 g/mol. The molecule has 1 aromatic rings. The highest BCUT2D eigenvalue weighted by atomic mass is 32.1. The maximum absolute atomic E-state index is 11.8. The lowest BCUT2D eigenvalue weighted by Crippen LogP contribution is -2.34. The van der Waals surface area contributed by atoms with Crippen molar-refractivity contribution in [3.63, 3.8) is 0 Å². The zero-order valence-electron chi connectivity index (χ0n) is 11.9. The van der Waals surface area contributed by atoms with Crippen molar-refractivity contribution in [3.8, 4) is 0 Å². The number of ether oxygens (including phenoxy) is 1. The van der Waals surface area contributed by atoms with Crippen molar-refractivity contribution in [3.05, 3.63) is 16.1 Å². The summed E-state index contributed by atoms with van der Waals surface area (Å²) in [7, 11) is 0. The number of nitrogens with zero attached hydrogens (tertiary/aromatic N) is 1. The van der Waals surface area contributed by atoms with Crippen LogP contribution in [-0.2, 0) is 16.1 Å². The average Bonchev–Trinajstić information content (AvgIpc) is 2.84. The zero-order valence-corrected chi connectivity index (χ0v) is 12.7. The summed E-state index contributed by atoms with van der Waals surface area (Å²) in [6.07, 6.45) is 0.388. The lowest BCUT2D eigenvalue weighted by molar-refractivity contribution is -0.132. The third-order valence-corrected chi connectivity index (χ3v) is 3.47. The van der Waals surface area contributed by atoms with E-state index in [1.54, 1.807) is 6.92 Å². The second kappa shape index (κ2) is 7.96. The van der Waals surface area contributed by atoms with E-state index in [0.717, 1.165) is 6.42 Å². The van der Waals surface area contributed by atoms with Gasteiger partial charge in [0.05, 0.1) is 6.54 Å². The molecule has 1 unspecified atom stereocenters. The van der Waals surface area contributed by atoms with Gasteiger partial charge >= 0.3 is 5.97 Å². The molecule has 1 amide bonds. The topological polar surface area (TPSA) is 88.5 Å². The first-order chi connectivity index (χ1) is 9.40. The molecule has 7 heteroatoms. The number of hydrogen-bond donors (Lipinski definition) is 2. The Kier molecular flexibility index (Phi) is 6.60. The SMILES string of the molecule is CC(C)CCOC(C)C(=O)NCc1nc(C(=O)O)cs1. The highest BCUT2D eigenvalue weighted by molar-refractivity contribution is 7.09. The summed E-state index contributed by atoms with van der Waals surface area (Å²) < 4.78 is 5.42. The Labute approximate surface area is 122 Å². The minimum atomic E-state index is -1.07. The molecule has 1 heterocycles. The van der Waals surface area contributed by atoms with Gasteiger partial charge in [0.25, 0.3) is 0 Å². The van der Waals surface area contributed by atoms with Crippen molar-refractivity contribution in [2.75, 3.05) is 6.61 Å². The van der Waals surface area contributed by atoms with Crippen molar-refractivity contribution in [2.45, 2.75) is 39.8 Å². The predicted molar refractivity (Wildman–Crippen MR) is 75.8 cm³/mol. The Morgan fingerprint density at radius 3 is 2.70 bits per heavy atom. The van der Waals surface area contributed by atoms with E-state index in [0.29, 0.717) is 17.5 Å². The van der Waals surface area contributed by atoms with Crippen LogP contribution >= 0.6 is 11.3 Å².